The maximum absolute atomic E-state index is 12.8. The lowest BCUT2D eigenvalue weighted by atomic mass is 10.2. The van der Waals surface area contributed by atoms with Gasteiger partial charge in [0.25, 0.3) is 5.56 Å². The Morgan fingerprint density at radius 2 is 1.62 bits per heavy atom. The highest BCUT2D eigenvalue weighted by atomic mass is 32.2. The number of thioether (sulfide) groups is 1. The van der Waals surface area contributed by atoms with Crippen LogP contribution in [-0.4, -0.2) is 26.7 Å². The van der Waals surface area contributed by atoms with E-state index < -0.39 is 5.56 Å². The Hall–Kier alpha value is -3.06. The molecule has 1 heterocycles. The lowest BCUT2D eigenvalue weighted by Gasteiger charge is -2.23. The Morgan fingerprint density at radius 3 is 2.15 bits per heavy atom. The zero-order valence-corrected chi connectivity index (χ0v) is 14.6. The molecule has 3 aromatic rings. The number of aromatic hydroxyl groups is 1. The van der Waals surface area contributed by atoms with Crippen LogP contribution in [0.1, 0.15) is 6.42 Å². The minimum absolute atomic E-state index is 0.0719. The van der Waals surface area contributed by atoms with Gasteiger partial charge in [-0.3, -0.25) is 14.5 Å². The summed E-state index contributed by atoms with van der Waals surface area (Å²) >= 11 is 1.21. The number of para-hydroxylation sites is 2. The van der Waals surface area contributed by atoms with Gasteiger partial charge in [-0.15, -0.1) is 0 Å². The van der Waals surface area contributed by atoms with Crippen LogP contribution >= 0.6 is 11.8 Å². The van der Waals surface area contributed by atoms with Gasteiger partial charge in [0.15, 0.2) is 5.16 Å². The number of nitrogens with one attached hydrogen (secondary N) is 1. The number of hydrogen-bond donors (Lipinski definition) is 2. The second-order valence-corrected chi connectivity index (χ2v) is 6.49. The van der Waals surface area contributed by atoms with Gasteiger partial charge in [0.1, 0.15) is 0 Å². The fourth-order valence-corrected chi connectivity index (χ4v) is 3.23. The molecule has 0 saturated carbocycles. The molecule has 6 nitrogen and oxygen atoms in total. The minimum Gasteiger partial charge on any atom is -0.493 e. The molecule has 7 heteroatoms. The van der Waals surface area contributed by atoms with Crippen LogP contribution in [0, 0.1) is 0 Å². The van der Waals surface area contributed by atoms with Crippen molar-refractivity contribution in [2.24, 2.45) is 0 Å². The van der Waals surface area contributed by atoms with E-state index in [0.717, 1.165) is 17.4 Å². The number of aromatic nitrogens is 2. The van der Waals surface area contributed by atoms with E-state index >= 15 is 0 Å². The Bertz CT molecular complexity index is 890. The number of rotatable bonds is 6. The van der Waals surface area contributed by atoms with Crippen molar-refractivity contribution >= 4 is 29.0 Å². The molecular weight excluding hydrogens is 350 g/mol. The fraction of sp³-hybridized carbons (Fsp3) is 0.105. The summed E-state index contributed by atoms with van der Waals surface area (Å²) in [5.41, 5.74) is 1.15. The van der Waals surface area contributed by atoms with Gasteiger partial charge in [-0.25, -0.2) is 0 Å². The van der Waals surface area contributed by atoms with Gasteiger partial charge < -0.3 is 10.1 Å². The monoisotopic (exact) mass is 367 g/mol. The van der Waals surface area contributed by atoms with E-state index in [1.165, 1.54) is 11.8 Å². The standard InChI is InChI=1S/C19H17N3O3S/c23-16-13-17(24)21-19(20-16)26-12-11-18(25)22(14-7-3-1-4-8-14)15-9-5-2-6-10-15/h1-10,13H,11-12H2,(H2,20,21,23,24). The molecule has 132 valence electrons. The number of H-pyrrole nitrogens is 1. The number of benzene rings is 2. The third kappa shape index (κ3) is 4.52. The first-order valence-corrected chi connectivity index (χ1v) is 8.98. The molecule has 0 spiro atoms. The molecule has 1 amide bonds. The van der Waals surface area contributed by atoms with Gasteiger partial charge in [0.05, 0.1) is 6.07 Å². The molecule has 3 rings (SSSR count). The third-order valence-electron chi connectivity index (χ3n) is 3.54. The molecule has 0 aliphatic carbocycles. The van der Waals surface area contributed by atoms with Crippen LogP contribution in [0.4, 0.5) is 11.4 Å². The highest BCUT2D eigenvalue weighted by Crippen LogP contribution is 2.26. The molecule has 0 radical (unpaired) electrons. The van der Waals surface area contributed by atoms with Gasteiger partial charge in [0, 0.05) is 23.5 Å². The van der Waals surface area contributed by atoms with Crippen molar-refractivity contribution in [2.45, 2.75) is 11.6 Å². The highest BCUT2D eigenvalue weighted by molar-refractivity contribution is 7.99. The van der Waals surface area contributed by atoms with Crippen molar-refractivity contribution in [3.8, 4) is 5.88 Å². The lowest BCUT2D eigenvalue weighted by Crippen LogP contribution is -2.26. The molecule has 0 unspecified atom stereocenters. The highest BCUT2D eigenvalue weighted by Gasteiger charge is 2.17. The molecule has 0 atom stereocenters. The van der Waals surface area contributed by atoms with Gasteiger partial charge in [0.2, 0.25) is 11.8 Å². The Kier molecular flexibility index (Phi) is 5.70. The van der Waals surface area contributed by atoms with E-state index in [1.54, 1.807) is 4.90 Å². The molecule has 2 aromatic carbocycles. The zero-order valence-electron chi connectivity index (χ0n) is 13.8. The van der Waals surface area contributed by atoms with Gasteiger partial charge in [-0.1, -0.05) is 48.2 Å². The summed E-state index contributed by atoms with van der Waals surface area (Å²) in [5.74, 6) is 0.0108. The number of nitrogens with zero attached hydrogens (tertiary/aromatic N) is 2. The number of carbonyl (C=O) groups excluding carboxylic acids is 1. The average molecular weight is 367 g/mol. The lowest BCUT2D eigenvalue weighted by molar-refractivity contribution is -0.117. The Labute approximate surface area is 154 Å². The van der Waals surface area contributed by atoms with Crippen LogP contribution in [0.5, 0.6) is 5.88 Å². The SMILES string of the molecule is O=C(CCSc1nc(O)cc(=O)[nH]1)N(c1ccccc1)c1ccccc1. The topological polar surface area (TPSA) is 86.3 Å². The van der Waals surface area contributed by atoms with Gasteiger partial charge >= 0.3 is 0 Å². The third-order valence-corrected chi connectivity index (χ3v) is 4.41. The van der Waals surface area contributed by atoms with Crippen molar-refractivity contribution in [3.05, 3.63) is 77.1 Å². The van der Waals surface area contributed by atoms with Gasteiger partial charge in [-0.05, 0) is 24.3 Å². The van der Waals surface area contributed by atoms with Crippen molar-refractivity contribution in [1.29, 1.82) is 0 Å². The molecule has 2 N–H and O–H groups in total. The molecular formula is C19H17N3O3S. The number of carbonyl (C=O) groups is 1. The minimum atomic E-state index is -0.429. The summed E-state index contributed by atoms with van der Waals surface area (Å²) in [4.78, 5) is 32.2. The van der Waals surface area contributed by atoms with Crippen LogP contribution in [0.25, 0.3) is 0 Å². The smallest absolute Gasteiger partial charge is 0.255 e. The van der Waals surface area contributed by atoms with Crippen LogP contribution in [0.2, 0.25) is 0 Å². The second-order valence-electron chi connectivity index (χ2n) is 5.41. The van der Waals surface area contributed by atoms with Crippen molar-refractivity contribution in [2.75, 3.05) is 10.7 Å². The number of aromatic amines is 1. The Balaban J connectivity index is 1.73. The van der Waals surface area contributed by atoms with Gasteiger partial charge in [-0.2, -0.15) is 4.98 Å². The predicted molar refractivity (Wildman–Crippen MR) is 102 cm³/mol. The quantitative estimate of drug-likeness (QED) is 0.516. The van der Waals surface area contributed by atoms with Crippen molar-refractivity contribution in [1.82, 2.24) is 9.97 Å². The van der Waals surface area contributed by atoms with Crippen LogP contribution in [0.15, 0.2) is 76.7 Å². The molecule has 0 fully saturated rings. The first kappa shape index (κ1) is 17.8. The van der Waals surface area contributed by atoms with E-state index in [1.807, 2.05) is 60.7 Å². The average Bonchev–Trinajstić information content (AvgIpc) is 2.63. The molecule has 0 saturated heterocycles. The second kappa shape index (κ2) is 8.35. The van der Waals surface area contributed by atoms with E-state index in [0.29, 0.717) is 5.75 Å². The number of hydrogen-bond acceptors (Lipinski definition) is 5. The molecule has 26 heavy (non-hydrogen) atoms. The molecule has 0 aliphatic heterocycles. The molecule has 0 bridgehead atoms. The fourth-order valence-electron chi connectivity index (χ4n) is 2.43. The first-order chi connectivity index (χ1) is 12.6. The predicted octanol–water partition coefficient (Wildman–Crippen LogP) is 3.32. The molecule has 0 aliphatic rings. The van der Waals surface area contributed by atoms with Crippen molar-refractivity contribution < 1.29 is 9.90 Å². The summed E-state index contributed by atoms with van der Waals surface area (Å²) in [5, 5.41) is 9.65. The van der Waals surface area contributed by atoms with E-state index in [9.17, 15) is 14.7 Å². The van der Waals surface area contributed by atoms with Crippen LogP contribution < -0.4 is 10.5 Å². The summed E-state index contributed by atoms with van der Waals surface area (Å²) in [6.07, 6.45) is 0.244. The summed E-state index contributed by atoms with van der Waals surface area (Å²) in [7, 11) is 0. The largest absolute Gasteiger partial charge is 0.493 e. The van der Waals surface area contributed by atoms with E-state index in [4.69, 9.17) is 0 Å². The summed E-state index contributed by atoms with van der Waals surface area (Å²) in [6, 6.07) is 19.9. The molecule has 1 aromatic heterocycles. The normalized spacial score (nSPS) is 10.5. The van der Waals surface area contributed by atoms with E-state index in [-0.39, 0.29) is 23.4 Å². The first-order valence-electron chi connectivity index (χ1n) is 7.99. The summed E-state index contributed by atoms with van der Waals surface area (Å²) < 4.78 is 0. The van der Waals surface area contributed by atoms with Crippen LogP contribution in [-0.2, 0) is 4.79 Å². The number of amides is 1. The maximum Gasteiger partial charge on any atom is 0.255 e. The number of anilines is 2. The van der Waals surface area contributed by atoms with Crippen molar-refractivity contribution in [3.63, 3.8) is 0 Å². The maximum atomic E-state index is 12.8. The Morgan fingerprint density at radius 1 is 1.04 bits per heavy atom. The zero-order chi connectivity index (χ0) is 18.4. The van der Waals surface area contributed by atoms with E-state index in [2.05, 4.69) is 9.97 Å². The van der Waals surface area contributed by atoms with Crippen LogP contribution in [0.3, 0.4) is 0 Å². The summed E-state index contributed by atoms with van der Waals surface area (Å²) in [6.45, 7) is 0.